The first-order valence-corrected chi connectivity index (χ1v) is 5.09. The molecule has 4 nitrogen and oxygen atoms in total. The van der Waals surface area contributed by atoms with Crippen molar-refractivity contribution in [1.82, 2.24) is 0 Å². The molecule has 0 spiro atoms. The van der Waals surface area contributed by atoms with Crippen LogP contribution < -0.4 is 0 Å². The van der Waals surface area contributed by atoms with Crippen LogP contribution in [0.5, 0.6) is 0 Å². The van der Waals surface area contributed by atoms with Gasteiger partial charge in [-0.15, -0.1) is 0 Å². The van der Waals surface area contributed by atoms with Gasteiger partial charge in [0.1, 0.15) is 6.10 Å². The highest BCUT2D eigenvalue weighted by Gasteiger charge is 2.47. The number of rotatable bonds is 4. The molecular formula is C12H16O4. The van der Waals surface area contributed by atoms with E-state index in [-0.39, 0.29) is 0 Å². The van der Waals surface area contributed by atoms with Crippen LogP contribution in [0.25, 0.3) is 0 Å². The first-order valence-electron chi connectivity index (χ1n) is 5.09. The van der Waals surface area contributed by atoms with Gasteiger partial charge in [-0.25, -0.2) is 4.79 Å². The lowest BCUT2D eigenvalue weighted by Crippen LogP contribution is -2.49. The Hall–Kier alpha value is -1.39. The molecule has 0 saturated carbocycles. The van der Waals surface area contributed by atoms with E-state index < -0.39 is 23.6 Å². The highest BCUT2D eigenvalue weighted by Crippen LogP contribution is 2.32. The maximum Gasteiger partial charge on any atom is 0.339 e. The Labute approximate surface area is 94.2 Å². The number of carbonyl (C=O) groups is 1. The molecule has 0 amide bonds. The van der Waals surface area contributed by atoms with E-state index in [1.807, 2.05) is 0 Å². The molecule has 0 fully saturated rings. The van der Waals surface area contributed by atoms with E-state index in [9.17, 15) is 15.0 Å². The lowest BCUT2D eigenvalue weighted by molar-refractivity contribution is -0.180. The fourth-order valence-corrected chi connectivity index (χ4v) is 1.57. The van der Waals surface area contributed by atoms with E-state index >= 15 is 0 Å². The van der Waals surface area contributed by atoms with Crippen LogP contribution in [0.15, 0.2) is 30.3 Å². The zero-order valence-corrected chi connectivity index (χ0v) is 9.29. The third-order valence-electron chi connectivity index (χ3n) is 2.75. The lowest BCUT2D eigenvalue weighted by Gasteiger charge is -2.32. The minimum atomic E-state index is -2.17. The van der Waals surface area contributed by atoms with Crippen molar-refractivity contribution >= 4 is 5.97 Å². The second-order valence-electron chi connectivity index (χ2n) is 4.10. The largest absolute Gasteiger partial charge is 0.479 e. The highest BCUT2D eigenvalue weighted by atomic mass is 16.4. The second kappa shape index (κ2) is 4.63. The average Bonchev–Trinajstić information content (AvgIpc) is 2.27. The van der Waals surface area contributed by atoms with E-state index in [0.29, 0.717) is 5.56 Å². The summed E-state index contributed by atoms with van der Waals surface area (Å²) in [6.45, 7) is 3.11. The number of aliphatic hydroxyl groups excluding tert-OH is 1. The van der Waals surface area contributed by atoms with Gasteiger partial charge in [0, 0.05) is 0 Å². The maximum absolute atomic E-state index is 11.1. The molecule has 1 aromatic carbocycles. The van der Waals surface area contributed by atoms with Crippen LogP contribution in [0.2, 0.25) is 0 Å². The molecule has 16 heavy (non-hydrogen) atoms. The Balaban J connectivity index is 3.11. The van der Waals surface area contributed by atoms with Crippen LogP contribution in [0.3, 0.4) is 0 Å². The van der Waals surface area contributed by atoms with Crippen molar-refractivity contribution < 1.29 is 20.1 Å². The molecular weight excluding hydrogens is 208 g/mol. The summed E-state index contributed by atoms with van der Waals surface area (Å²) in [5, 5.41) is 29.0. The number of carboxylic acid groups (broad SMARTS) is 1. The first-order chi connectivity index (χ1) is 7.40. The highest BCUT2D eigenvalue weighted by molar-refractivity contribution is 5.78. The van der Waals surface area contributed by atoms with Gasteiger partial charge >= 0.3 is 5.97 Å². The summed E-state index contributed by atoms with van der Waals surface area (Å²) in [5.41, 5.74) is -1.78. The van der Waals surface area contributed by atoms with Crippen molar-refractivity contribution in [2.75, 3.05) is 0 Å². The first kappa shape index (κ1) is 12.7. The molecule has 0 heterocycles. The molecule has 0 aromatic heterocycles. The van der Waals surface area contributed by atoms with Crippen molar-refractivity contribution in [2.24, 2.45) is 5.92 Å². The van der Waals surface area contributed by atoms with Gasteiger partial charge < -0.3 is 15.3 Å². The van der Waals surface area contributed by atoms with Gasteiger partial charge in [0.15, 0.2) is 5.60 Å². The fourth-order valence-electron chi connectivity index (χ4n) is 1.57. The van der Waals surface area contributed by atoms with Crippen molar-refractivity contribution in [3.05, 3.63) is 35.9 Å². The Kier molecular flexibility index (Phi) is 3.67. The predicted molar refractivity (Wildman–Crippen MR) is 58.8 cm³/mol. The molecule has 0 saturated heterocycles. The van der Waals surface area contributed by atoms with Crippen molar-refractivity contribution in [3.8, 4) is 0 Å². The minimum Gasteiger partial charge on any atom is -0.479 e. The topological polar surface area (TPSA) is 77.8 Å². The zero-order chi connectivity index (χ0) is 12.3. The second-order valence-corrected chi connectivity index (χ2v) is 4.10. The van der Waals surface area contributed by atoms with Gasteiger partial charge in [0.25, 0.3) is 0 Å². The Morgan fingerprint density at radius 3 is 2.12 bits per heavy atom. The van der Waals surface area contributed by atoms with Crippen molar-refractivity contribution in [2.45, 2.75) is 25.6 Å². The lowest BCUT2D eigenvalue weighted by atomic mass is 9.82. The summed E-state index contributed by atoms with van der Waals surface area (Å²) >= 11 is 0. The molecule has 2 atom stereocenters. The van der Waals surface area contributed by atoms with Gasteiger partial charge in [-0.1, -0.05) is 44.2 Å². The smallest absolute Gasteiger partial charge is 0.339 e. The molecule has 0 radical (unpaired) electrons. The Bertz CT molecular complexity index is 361. The van der Waals surface area contributed by atoms with E-state index in [4.69, 9.17) is 5.11 Å². The van der Waals surface area contributed by atoms with Crippen molar-refractivity contribution in [3.63, 3.8) is 0 Å². The standard InChI is InChI=1S/C12H16O4/c1-8(2)12(16,11(14)15)10(13)9-6-4-3-5-7-9/h3-8,10,13,16H,1-2H3,(H,14,15)/t10-,12-/m1/s1. The minimum absolute atomic E-state index is 0.390. The monoisotopic (exact) mass is 224 g/mol. The Morgan fingerprint density at radius 1 is 1.25 bits per heavy atom. The molecule has 0 aliphatic rings. The molecule has 0 aliphatic heterocycles. The van der Waals surface area contributed by atoms with Crippen molar-refractivity contribution in [1.29, 1.82) is 0 Å². The van der Waals surface area contributed by atoms with Crippen LogP contribution in [0.4, 0.5) is 0 Å². The molecule has 0 aliphatic carbocycles. The van der Waals surface area contributed by atoms with Crippen LogP contribution in [0.1, 0.15) is 25.5 Å². The summed E-state index contributed by atoms with van der Waals surface area (Å²) in [6, 6.07) is 8.29. The van der Waals surface area contributed by atoms with E-state index in [1.54, 1.807) is 44.2 Å². The SMILES string of the molecule is CC(C)[C@](O)(C(=O)O)[C@H](O)c1ccccc1. The molecule has 1 aromatic rings. The molecule has 4 heteroatoms. The molecule has 0 unspecified atom stereocenters. The summed E-state index contributed by atoms with van der Waals surface area (Å²) in [5.74, 6) is -2.01. The zero-order valence-electron chi connectivity index (χ0n) is 9.29. The van der Waals surface area contributed by atoms with E-state index in [2.05, 4.69) is 0 Å². The number of hydrogen-bond acceptors (Lipinski definition) is 3. The number of hydrogen-bond donors (Lipinski definition) is 3. The van der Waals surface area contributed by atoms with Gasteiger partial charge in [-0.2, -0.15) is 0 Å². The summed E-state index contributed by atoms with van der Waals surface area (Å²) in [6.07, 6.45) is -1.44. The van der Waals surface area contributed by atoms with E-state index in [0.717, 1.165) is 0 Å². The predicted octanol–water partition coefficient (Wildman–Crippen LogP) is 1.19. The van der Waals surface area contributed by atoms with Gasteiger partial charge in [-0.05, 0) is 11.5 Å². The molecule has 0 bridgehead atoms. The Morgan fingerprint density at radius 2 is 1.75 bits per heavy atom. The van der Waals surface area contributed by atoms with E-state index in [1.165, 1.54) is 0 Å². The summed E-state index contributed by atoms with van der Waals surface area (Å²) in [7, 11) is 0. The fraction of sp³-hybridized carbons (Fsp3) is 0.417. The summed E-state index contributed by atoms with van der Waals surface area (Å²) in [4.78, 5) is 11.1. The maximum atomic E-state index is 11.1. The number of benzene rings is 1. The number of aliphatic hydroxyl groups is 2. The van der Waals surface area contributed by atoms with Crippen LogP contribution in [-0.4, -0.2) is 26.9 Å². The van der Waals surface area contributed by atoms with Gasteiger partial charge in [0.2, 0.25) is 0 Å². The van der Waals surface area contributed by atoms with Crippen LogP contribution in [-0.2, 0) is 4.79 Å². The quantitative estimate of drug-likeness (QED) is 0.718. The number of aliphatic carboxylic acids is 1. The third-order valence-corrected chi connectivity index (χ3v) is 2.75. The summed E-state index contributed by atoms with van der Waals surface area (Å²) < 4.78 is 0. The van der Waals surface area contributed by atoms with Crippen LogP contribution in [0, 0.1) is 5.92 Å². The molecule has 3 N–H and O–H groups in total. The normalized spacial score (nSPS) is 16.8. The van der Waals surface area contributed by atoms with Gasteiger partial charge in [-0.3, -0.25) is 0 Å². The third kappa shape index (κ3) is 2.08. The molecule has 1 rings (SSSR count). The van der Waals surface area contributed by atoms with Gasteiger partial charge in [0.05, 0.1) is 0 Å². The van der Waals surface area contributed by atoms with Crippen LogP contribution >= 0.6 is 0 Å². The number of carboxylic acids is 1. The molecule has 88 valence electrons. The average molecular weight is 224 g/mol.